The van der Waals surface area contributed by atoms with E-state index in [0.29, 0.717) is 10.6 Å². The number of anilines is 1. The Morgan fingerprint density at radius 2 is 1.75 bits per heavy atom. The van der Waals surface area contributed by atoms with Gasteiger partial charge < -0.3 is 10.4 Å². The Balaban J connectivity index is 2.63. The molecule has 0 atom stereocenters. The molecule has 1 aromatic rings. The third-order valence-corrected chi connectivity index (χ3v) is 4.92. The van der Waals surface area contributed by atoms with Gasteiger partial charge in [0.2, 0.25) is 10.0 Å². The molecular formula is C14H24N2O3S. The molecule has 0 fully saturated rings. The largest absolute Gasteiger partial charge is 0.396 e. The maximum absolute atomic E-state index is 12.2. The molecule has 0 saturated heterocycles. The van der Waals surface area contributed by atoms with Crippen molar-refractivity contribution in [2.24, 2.45) is 0 Å². The minimum absolute atomic E-state index is 0.233. The van der Waals surface area contributed by atoms with Crippen LogP contribution in [0.3, 0.4) is 0 Å². The molecule has 114 valence electrons. The van der Waals surface area contributed by atoms with Crippen molar-refractivity contribution in [3.63, 3.8) is 0 Å². The minimum atomic E-state index is -3.42. The van der Waals surface area contributed by atoms with E-state index in [9.17, 15) is 8.42 Å². The predicted molar refractivity (Wildman–Crippen MR) is 81.4 cm³/mol. The SMILES string of the molecule is CN(C)S(=O)(=O)c1ccccc1NCCCCCCO. The number of para-hydroxylation sites is 1. The molecule has 0 unspecified atom stereocenters. The first-order chi connectivity index (χ1) is 9.50. The van der Waals surface area contributed by atoms with E-state index >= 15 is 0 Å². The standard InChI is InChI=1S/C14H24N2O3S/c1-16(2)20(18,19)14-10-6-5-9-13(14)15-11-7-3-4-8-12-17/h5-6,9-10,15,17H,3-4,7-8,11-12H2,1-2H3. The van der Waals surface area contributed by atoms with Crippen LogP contribution in [0, 0.1) is 0 Å². The van der Waals surface area contributed by atoms with Gasteiger partial charge in [0.1, 0.15) is 4.90 Å². The summed E-state index contributed by atoms with van der Waals surface area (Å²) in [5.41, 5.74) is 0.642. The van der Waals surface area contributed by atoms with E-state index in [1.165, 1.54) is 18.4 Å². The van der Waals surface area contributed by atoms with Gasteiger partial charge in [-0.2, -0.15) is 0 Å². The number of hydrogen-bond acceptors (Lipinski definition) is 4. The molecule has 2 N–H and O–H groups in total. The first kappa shape index (κ1) is 16.9. The summed E-state index contributed by atoms with van der Waals surface area (Å²) in [6.07, 6.45) is 3.80. The van der Waals surface area contributed by atoms with Crippen LogP contribution in [0.25, 0.3) is 0 Å². The Morgan fingerprint density at radius 1 is 1.10 bits per heavy atom. The van der Waals surface area contributed by atoms with Crippen LogP contribution in [0.1, 0.15) is 25.7 Å². The summed E-state index contributed by atoms with van der Waals surface area (Å²) >= 11 is 0. The molecular weight excluding hydrogens is 276 g/mol. The smallest absolute Gasteiger partial charge is 0.244 e. The fourth-order valence-electron chi connectivity index (χ4n) is 1.85. The van der Waals surface area contributed by atoms with Crippen LogP contribution in [0.4, 0.5) is 5.69 Å². The summed E-state index contributed by atoms with van der Waals surface area (Å²) in [4.78, 5) is 0.306. The normalized spacial score (nSPS) is 11.8. The summed E-state index contributed by atoms with van der Waals surface area (Å²) < 4.78 is 25.6. The maximum Gasteiger partial charge on any atom is 0.244 e. The molecule has 0 spiro atoms. The van der Waals surface area contributed by atoms with Gasteiger partial charge in [-0.25, -0.2) is 12.7 Å². The van der Waals surface area contributed by atoms with Crippen LogP contribution in [0.15, 0.2) is 29.2 Å². The van der Waals surface area contributed by atoms with E-state index in [4.69, 9.17) is 5.11 Å². The summed E-state index contributed by atoms with van der Waals surface area (Å²) in [6, 6.07) is 6.94. The zero-order chi connectivity index (χ0) is 15.0. The second-order valence-corrected chi connectivity index (χ2v) is 6.97. The van der Waals surface area contributed by atoms with E-state index in [-0.39, 0.29) is 6.61 Å². The molecule has 6 heteroatoms. The Labute approximate surface area is 121 Å². The Kier molecular flexibility index (Phi) is 6.98. The summed E-state index contributed by atoms with van der Waals surface area (Å²) in [5.74, 6) is 0. The molecule has 0 bridgehead atoms. The van der Waals surface area contributed by atoms with Crippen LogP contribution < -0.4 is 5.32 Å². The van der Waals surface area contributed by atoms with Crippen LogP contribution >= 0.6 is 0 Å². The fraction of sp³-hybridized carbons (Fsp3) is 0.571. The Bertz CT molecular complexity index is 501. The molecule has 0 aliphatic heterocycles. The zero-order valence-corrected chi connectivity index (χ0v) is 13.0. The van der Waals surface area contributed by atoms with E-state index in [2.05, 4.69) is 5.32 Å². The van der Waals surface area contributed by atoms with Gasteiger partial charge in [-0.05, 0) is 25.0 Å². The molecule has 0 aliphatic rings. The minimum Gasteiger partial charge on any atom is -0.396 e. The molecule has 1 rings (SSSR count). The highest BCUT2D eigenvalue weighted by atomic mass is 32.2. The summed E-state index contributed by atoms with van der Waals surface area (Å²) in [5, 5.41) is 11.9. The monoisotopic (exact) mass is 300 g/mol. The van der Waals surface area contributed by atoms with Crippen LogP contribution in [0.2, 0.25) is 0 Å². The van der Waals surface area contributed by atoms with Gasteiger partial charge >= 0.3 is 0 Å². The highest BCUT2D eigenvalue weighted by Crippen LogP contribution is 2.23. The first-order valence-electron chi connectivity index (χ1n) is 6.86. The molecule has 0 radical (unpaired) electrons. The van der Waals surface area contributed by atoms with Crippen molar-refractivity contribution in [3.05, 3.63) is 24.3 Å². The number of nitrogens with zero attached hydrogens (tertiary/aromatic N) is 1. The lowest BCUT2D eigenvalue weighted by Crippen LogP contribution is -2.23. The van der Waals surface area contributed by atoms with E-state index in [1.807, 2.05) is 6.07 Å². The third kappa shape index (κ3) is 4.77. The lowest BCUT2D eigenvalue weighted by atomic mass is 10.2. The van der Waals surface area contributed by atoms with Crippen LogP contribution in [-0.2, 0) is 10.0 Å². The third-order valence-electron chi connectivity index (χ3n) is 3.05. The molecule has 5 nitrogen and oxygen atoms in total. The van der Waals surface area contributed by atoms with Crippen molar-refractivity contribution < 1.29 is 13.5 Å². The first-order valence-corrected chi connectivity index (χ1v) is 8.30. The predicted octanol–water partition coefficient (Wildman–Crippen LogP) is 1.90. The number of unbranched alkanes of at least 4 members (excludes halogenated alkanes) is 3. The number of hydrogen-bond donors (Lipinski definition) is 2. The molecule has 0 aliphatic carbocycles. The van der Waals surface area contributed by atoms with E-state index in [0.717, 1.165) is 32.2 Å². The zero-order valence-electron chi connectivity index (χ0n) is 12.2. The van der Waals surface area contributed by atoms with E-state index < -0.39 is 10.0 Å². The van der Waals surface area contributed by atoms with Crippen molar-refractivity contribution >= 4 is 15.7 Å². The Hall–Kier alpha value is -1.11. The molecule has 0 amide bonds. The number of aliphatic hydroxyl groups is 1. The van der Waals surface area contributed by atoms with Crippen molar-refractivity contribution in [1.82, 2.24) is 4.31 Å². The van der Waals surface area contributed by atoms with Gasteiger partial charge in [-0.15, -0.1) is 0 Å². The number of nitrogens with one attached hydrogen (secondary N) is 1. The van der Waals surface area contributed by atoms with Crippen LogP contribution in [-0.4, -0.2) is 45.1 Å². The second kappa shape index (κ2) is 8.24. The molecule has 0 heterocycles. The van der Waals surface area contributed by atoms with Gasteiger partial charge in [-0.1, -0.05) is 25.0 Å². The fourth-order valence-corrected chi connectivity index (χ4v) is 2.91. The van der Waals surface area contributed by atoms with Gasteiger partial charge in [0.25, 0.3) is 0 Å². The van der Waals surface area contributed by atoms with Gasteiger partial charge in [-0.3, -0.25) is 0 Å². The average Bonchev–Trinajstić information content (AvgIpc) is 2.43. The highest BCUT2D eigenvalue weighted by molar-refractivity contribution is 7.89. The summed E-state index contributed by atoms with van der Waals surface area (Å²) in [6.45, 7) is 0.961. The number of rotatable bonds is 9. The van der Waals surface area contributed by atoms with E-state index in [1.54, 1.807) is 18.2 Å². The second-order valence-electron chi connectivity index (χ2n) is 4.85. The topological polar surface area (TPSA) is 69.6 Å². The lowest BCUT2D eigenvalue weighted by Gasteiger charge is -2.16. The molecule has 1 aromatic carbocycles. The number of aliphatic hydroxyl groups excluding tert-OH is 1. The van der Waals surface area contributed by atoms with Gasteiger partial charge in [0.15, 0.2) is 0 Å². The number of sulfonamides is 1. The van der Waals surface area contributed by atoms with Crippen molar-refractivity contribution in [1.29, 1.82) is 0 Å². The lowest BCUT2D eigenvalue weighted by molar-refractivity contribution is 0.283. The van der Waals surface area contributed by atoms with Gasteiger partial charge in [0.05, 0.1) is 5.69 Å². The number of benzene rings is 1. The van der Waals surface area contributed by atoms with Gasteiger partial charge in [0, 0.05) is 27.2 Å². The van der Waals surface area contributed by atoms with Crippen LogP contribution in [0.5, 0.6) is 0 Å². The average molecular weight is 300 g/mol. The van der Waals surface area contributed by atoms with Crippen molar-refractivity contribution in [2.45, 2.75) is 30.6 Å². The molecule has 0 saturated carbocycles. The summed E-state index contributed by atoms with van der Waals surface area (Å²) in [7, 11) is -0.364. The quantitative estimate of drug-likeness (QED) is 0.683. The van der Waals surface area contributed by atoms with Crippen molar-refractivity contribution in [3.8, 4) is 0 Å². The van der Waals surface area contributed by atoms with Crippen molar-refractivity contribution in [2.75, 3.05) is 32.6 Å². The Morgan fingerprint density at radius 3 is 2.40 bits per heavy atom. The maximum atomic E-state index is 12.2. The molecule has 20 heavy (non-hydrogen) atoms. The molecule has 0 aromatic heterocycles. The highest BCUT2D eigenvalue weighted by Gasteiger charge is 2.20.